The fourth-order valence-corrected chi connectivity index (χ4v) is 5.46. The van der Waals surface area contributed by atoms with Gasteiger partial charge >= 0.3 is 5.97 Å². The number of aromatic carboxylic acids is 1. The lowest BCUT2D eigenvalue weighted by Crippen LogP contribution is -2.49. The summed E-state index contributed by atoms with van der Waals surface area (Å²) >= 11 is 0. The van der Waals surface area contributed by atoms with E-state index >= 15 is 4.39 Å². The Balaban J connectivity index is 1.39. The summed E-state index contributed by atoms with van der Waals surface area (Å²) in [5.41, 5.74) is 0.528. The van der Waals surface area contributed by atoms with Crippen molar-refractivity contribution in [1.82, 2.24) is 9.47 Å². The molecule has 0 bridgehead atoms. The number of halogens is 1. The summed E-state index contributed by atoms with van der Waals surface area (Å²) in [5, 5.41) is 19.7. The van der Waals surface area contributed by atoms with Crippen LogP contribution in [0.2, 0.25) is 0 Å². The van der Waals surface area contributed by atoms with Gasteiger partial charge in [0.1, 0.15) is 11.4 Å². The molecule has 1 unspecified atom stereocenters. The van der Waals surface area contributed by atoms with E-state index in [9.17, 15) is 28.2 Å². The molecule has 2 aromatic carbocycles. The van der Waals surface area contributed by atoms with Gasteiger partial charge in [0.25, 0.3) is 10.1 Å². The molecule has 1 aromatic heterocycles. The summed E-state index contributed by atoms with van der Waals surface area (Å²) in [6.45, 7) is 5.68. The maximum Gasteiger partial charge on any atom is 0.341 e. The molecule has 1 aliphatic heterocycles. The number of benzene rings is 2. The van der Waals surface area contributed by atoms with Gasteiger partial charge in [0.15, 0.2) is 0 Å². The average Bonchev–Trinajstić information content (AvgIpc) is 2.88. The van der Waals surface area contributed by atoms with Crippen LogP contribution in [-0.2, 0) is 20.8 Å². The number of fused-ring (bicyclic) bond motifs is 1. The maximum atomic E-state index is 15.1. The molecule has 12 heteroatoms. The molecule has 3 aromatic rings. The van der Waals surface area contributed by atoms with E-state index in [-0.39, 0.29) is 23.4 Å². The number of β-amino-alcohol motifs (C(OH)–C–C–N with tert-alkyl or cyclic N) is 1. The number of aromatic nitrogens is 1. The van der Waals surface area contributed by atoms with Crippen molar-refractivity contribution in [2.75, 3.05) is 44.2 Å². The second kappa shape index (κ2) is 11.2. The highest BCUT2D eigenvalue weighted by atomic mass is 32.2. The van der Waals surface area contributed by atoms with Crippen molar-refractivity contribution in [3.05, 3.63) is 69.8 Å². The fraction of sp³-hybridized carbons (Fsp3) is 0.385. The Morgan fingerprint density at radius 1 is 1.13 bits per heavy atom. The predicted molar refractivity (Wildman–Crippen MR) is 140 cm³/mol. The molecular formula is C26H30FN3O7S. The van der Waals surface area contributed by atoms with Crippen LogP contribution in [0.25, 0.3) is 10.9 Å². The Labute approximate surface area is 219 Å². The number of pyridine rings is 1. The first-order chi connectivity index (χ1) is 18.0. The van der Waals surface area contributed by atoms with E-state index in [2.05, 4.69) is 0 Å². The number of aryl methyl sites for hydroxylation is 2. The van der Waals surface area contributed by atoms with Gasteiger partial charge in [-0.3, -0.25) is 13.9 Å². The lowest BCUT2D eigenvalue weighted by atomic mass is 10.1. The summed E-state index contributed by atoms with van der Waals surface area (Å²) < 4.78 is 46.4. The van der Waals surface area contributed by atoms with Gasteiger partial charge in [0, 0.05) is 50.9 Å². The number of carboxylic acid groups (broad SMARTS) is 1. The molecule has 0 radical (unpaired) electrons. The Morgan fingerprint density at radius 3 is 2.39 bits per heavy atom. The van der Waals surface area contributed by atoms with E-state index in [4.69, 9.17) is 4.18 Å². The van der Waals surface area contributed by atoms with E-state index in [0.29, 0.717) is 43.9 Å². The normalized spacial score (nSPS) is 15.6. The zero-order valence-corrected chi connectivity index (χ0v) is 21.9. The van der Waals surface area contributed by atoms with Gasteiger partial charge in [-0.15, -0.1) is 0 Å². The molecule has 2 heterocycles. The maximum absolute atomic E-state index is 15.1. The summed E-state index contributed by atoms with van der Waals surface area (Å²) in [4.78, 5) is 27.8. The Bertz CT molecular complexity index is 1500. The third-order valence-electron chi connectivity index (χ3n) is 6.63. The van der Waals surface area contributed by atoms with E-state index < -0.39 is 39.0 Å². The van der Waals surface area contributed by atoms with Crippen molar-refractivity contribution in [3.63, 3.8) is 0 Å². The van der Waals surface area contributed by atoms with Crippen LogP contribution in [0.15, 0.2) is 52.3 Å². The van der Waals surface area contributed by atoms with Crippen molar-refractivity contribution in [1.29, 1.82) is 0 Å². The van der Waals surface area contributed by atoms with Gasteiger partial charge in [-0.25, -0.2) is 9.18 Å². The molecule has 1 saturated heterocycles. The molecule has 1 aliphatic rings. The monoisotopic (exact) mass is 547 g/mol. The van der Waals surface area contributed by atoms with Crippen molar-refractivity contribution in [2.45, 2.75) is 31.4 Å². The highest BCUT2D eigenvalue weighted by Gasteiger charge is 2.25. The molecule has 0 spiro atoms. The molecule has 38 heavy (non-hydrogen) atoms. The second-order valence-corrected chi connectivity index (χ2v) is 10.9. The van der Waals surface area contributed by atoms with Crippen LogP contribution >= 0.6 is 0 Å². The third-order valence-corrected chi connectivity index (χ3v) is 7.92. The van der Waals surface area contributed by atoms with E-state index in [1.165, 1.54) is 18.3 Å². The lowest BCUT2D eigenvalue weighted by molar-refractivity contribution is 0.0683. The van der Waals surface area contributed by atoms with Crippen molar-refractivity contribution in [2.24, 2.45) is 0 Å². The topological polar surface area (TPSA) is 129 Å². The number of aliphatic hydroxyl groups excluding tert-OH is 1. The first-order valence-corrected chi connectivity index (χ1v) is 13.6. The number of carboxylic acids is 1. The highest BCUT2D eigenvalue weighted by Crippen LogP contribution is 2.26. The van der Waals surface area contributed by atoms with E-state index in [1.807, 2.05) is 16.7 Å². The van der Waals surface area contributed by atoms with Crippen LogP contribution in [0, 0.1) is 12.7 Å². The van der Waals surface area contributed by atoms with Gasteiger partial charge in [0.05, 0.1) is 28.8 Å². The predicted octanol–water partition coefficient (Wildman–Crippen LogP) is 2.06. The molecule has 1 atom stereocenters. The van der Waals surface area contributed by atoms with Crippen molar-refractivity contribution >= 4 is 32.7 Å². The number of piperazine rings is 1. The van der Waals surface area contributed by atoms with Gasteiger partial charge in [-0.2, -0.15) is 8.42 Å². The number of anilines is 1. The molecule has 4 rings (SSSR count). The SMILES string of the molecule is CCn1cc(C(=O)O)c(=O)c2cc(F)c(N3CCN(CC(O)COS(=O)(=O)c4ccc(C)cc4)CC3)cc21. The molecule has 0 saturated carbocycles. The quantitative estimate of drug-likeness (QED) is 0.387. The Kier molecular flexibility index (Phi) is 8.16. The van der Waals surface area contributed by atoms with Gasteiger partial charge in [-0.05, 0) is 38.1 Å². The van der Waals surface area contributed by atoms with Crippen LogP contribution in [0.4, 0.5) is 10.1 Å². The van der Waals surface area contributed by atoms with Gasteiger partial charge < -0.3 is 19.7 Å². The number of hydrogen-bond acceptors (Lipinski definition) is 8. The Hall–Kier alpha value is -3.32. The Morgan fingerprint density at radius 2 is 1.79 bits per heavy atom. The number of nitrogens with zero attached hydrogens (tertiary/aromatic N) is 3. The van der Waals surface area contributed by atoms with E-state index in [0.717, 1.165) is 11.6 Å². The number of rotatable bonds is 9. The second-order valence-electron chi connectivity index (χ2n) is 9.28. The van der Waals surface area contributed by atoms with Crippen LogP contribution in [0.3, 0.4) is 0 Å². The van der Waals surface area contributed by atoms with Crippen LogP contribution in [0.5, 0.6) is 0 Å². The molecule has 204 valence electrons. The number of aliphatic hydroxyl groups is 1. The fourth-order valence-electron chi connectivity index (χ4n) is 4.52. The number of carbonyl (C=O) groups is 1. The molecule has 2 N–H and O–H groups in total. The standard InChI is InChI=1S/C26H30FN3O7S/c1-3-29-15-21(26(33)34)25(32)20-12-22(27)24(13-23(20)29)30-10-8-28(9-11-30)14-18(31)16-37-38(35,36)19-6-4-17(2)5-7-19/h4-7,12-13,15,18,31H,3,8-11,14,16H2,1-2H3,(H,33,34). The van der Waals surface area contributed by atoms with E-state index in [1.54, 1.807) is 29.7 Å². The largest absolute Gasteiger partial charge is 0.477 e. The molecule has 0 amide bonds. The zero-order chi connectivity index (χ0) is 27.6. The van der Waals surface area contributed by atoms with Crippen molar-refractivity contribution < 1.29 is 32.0 Å². The number of hydrogen-bond donors (Lipinski definition) is 2. The van der Waals surface area contributed by atoms with Crippen LogP contribution in [-0.4, -0.2) is 79.5 Å². The lowest BCUT2D eigenvalue weighted by Gasteiger charge is -2.37. The smallest absolute Gasteiger partial charge is 0.341 e. The summed E-state index contributed by atoms with van der Waals surface area (Å²) in [7, 11) is -3.98. The minimum atomic E-state index is -3.98. The molecule has 10 nitrogen and oxygen atoms in total. The van der Waals surface area contributed by atoms with Gasteiger partial charge in [0.2, 0.25) is 5.43 Å². The minimum absolute atomic E-state index is 0.00958. The highest BCUT2D eigenvalue weighted by molar-refractivity contribution is 7.86. The van der Waals surface area contributed by atoms with Gasteiger partial charge in [-0.1, -0.05) is 17.7 Å². The minimum Gasteiger partial charge on any atom is -0.477 e. The summed E-state index contributed by atoms with van der Waals surface area (Å²) in [5.74, 6) is -1.98. The van der Waals surface area contributed by atoms with Crippen LogP contribution in [0.1, 0.15) is 22.8 Å². The summed E-state index contributed by atoms with van der Waals surface area (Å²) in [6.07, 6.45) is 0.233. The average molecular weight is 548 g/mol. The first kappa shape index (κ1) is 27.7. The first-order valence-electron chi connectivity index (χ1n) is 12.2. The third kappa shape index (κ3) is 5.88. The van der Waals surface area contributed by atoms with Crippen molar-refractivity contribution in [3.8, 4) is 0 Å². The van der Waals surface area contributed by atoms with Crippen LogP contribution < -0.4 is 10.3 Å². The molecule has 0 aliphatic carbocycles. The molecular weight excluding hydrogens is 517 g/mol. The zero-order valence-electron chi connectivity index (χ0n) is 21.1. The molecule has 1 fully saturated rings. The summed E-state index contributed by atoms with van der Waals surface area (Å²) in [6, 6.07) is 8.89.